The SMILES string of the molecule is C=CC[C@H]1O[C@H](CC)[C@@H](C)[C@H](C)[C@@H]1OC(C)=O.CC[C@H]1O[C@H](C/C=C/c2ccc(/C=C/C[C@H]3O[C@H](COC(C)=O)[C@@H](OC(C)=O)[C@H](OC(C)=O)[C@@H]3OC(C)=O)cc2)[C@@H](OC(C)=O)[C@@H](C)[C@@H]1C.CC[C@H]1O[C@H](C/C=C/c2ccc(I)cc2)[C@@H](OC(C)=O)[C@@H](C)[C@@H]1C.I.II.OC[C@H]1O[C@H](C/C=C/c2ccc(/C=C/C[C@H]3O[C@H](CO)[C@@H](O)[C@H](O)[C@@H]3O)cc2)[C@@H](O)[C@@H](O)[C@@H]1O.[HH]. The average molecular weight is 2240 g/mol. The molecule has 0 radical (unpaired) electrons. The predicted molar refractivity (Wildman–Crippen MR) is 519 cm³/mol. The molecule has 8 N–H and O–H groups in total. The van der Waals surface area contributed by atoms with E-state index < -0.39 is 129 Å². The van der Waals surface area contributed by atoms with Gasteiger partial charge >= 0.3 is 41.8 Å². The topological polar surface area (TPSA) is 401 Å². The molecule has 0 unspecified atom stereocenters. The fourth-order valence-electron chi connectivity index (χ4n) is 16.4. The summed E-state index contributed by atoms with van der Waals surface area (Å²) < 4.78 is 75.3. The molecule has 6 heterocycles. The Labute approximate surface area is 804 Å². The van der Waals surface area contributed by atoms with E-state index in [9.17, 15) is 74.4 Å². The van der Waals surface area contributed by atoms with Crippen LogP contribution in [0.3, 0.4) is 0 Å². The Morgan fingerprint density at radius 3 is 0.827 bits per heavy atom. The molecular weight excluding hydrogens is 2100 g/mol. The van der Waals surface area contributed by atoms with Crippen LogP contribution in [0.2, 0.25) is 0 Å². The summed E-state index contributed by atoms with van der Waals surface area (Å²) in [5.74, 6) is -1.49. The first-order valence-corrected chi connectivity index (χ1v) is 50.7. The summed E-state index contributed by atoms with van der Waals surface area (Å²) in [5, 5.41) is 78.0. The molecule has 714 valence electrons. The molecule has 127 heavy (non-hydrogen) atoms. The third kappa shape index (κ3) is 36.2. The number of aliphatic hydroxyl groups excluding tert-OH is 8. The van der Waals surface area contributed by atoms with Gasteiger partial charge in [-0.1, -0.05) is 190 Å². The van der Waals surface area contributed by atoms with Crippen molar-refractivity contribution in [3.8, 4) is 0 Å². The summed E-state index contributed by atoms with van der Waals surface area (Å²) >= 11 is 6.54. The van der Waals surface area contributed by atoms with Gasteiger partial charge in [0.05, 0.1) is 62.0 Å². The van der Waals surface area contributed by atoms with Gasteiger partial charge in [-0.2, -0.15) is 0 Å². The smallest absolute Gasteiger partial charge is 0.303 e. The zero-order chi connectivity index (χ0) is 93.8. The molecule has 6 aliphatic rings. The highest BCUT2D eigenvalue weighted by Crippen LogP contribution is 2.40. The monoisotopic (exact) mass is 2230 g/mol. The Kier molecular flexibility index (Phi) is 52.7. The van der Waals surface area contributed by atoms with Crippen LogP contribution in [-0.2, 0) is 95.1 Å². The van der Waals surface area contributed by atoms with Crippen LogP contribution in [0.25, 0.3) is 30.4 Å². The van der Waals surface area contributed by atoms with Crippen molar-refractivity contribution < 1.29 is 137 Å². The van der Waals surface area contributed by atoms with Crippen molar-refractivity contribution in [2.75, 3.05) is 19.8 Å². The zero-order valence-electron chi connectivity index (χ0n) is 75.6. The number of benzene rings is 3. The van der Waals surface area contributed by atoms with E-state index in [0.717, 1.165) is 54.4 Å². The van der Waals surface area contributed by atoms with Crippen LogP contribution < -0.4 is 0 Å². The van der Waals surface area contributed by atoms with Crippen molar-refractivity contribution in [2.24, 2.45) is 35.5 Å². The first-order chi connectivity index (χ1) is 59.9. The molecule has 3 aromatic carbocycles. The quantitative estimate of drug-likeness (QED) is 0.0133. The van der Waals surface area contributed by atoms with Crippen molar-refractivity contribution in [2.45, 2.75) is 315 Å². The summed E-state index contributed by atoms with van der Waals surface area (Å²) in [5.41, 5.74) is 4.81. The van der Waals surface area contributed by atoms with E-state index in [1.54, 1.807) is 12.2 Å². The molecule has 30 atom stereocenters. The number of halogens is 4. The van der Waals surface area contributed by atoms with Gasteiger partial charge in [0, 0.05) is 108 Å². The summed E-state index contributed by atoms with van der Waals surface area (Å²) in [6.45, 7) is 31.0. The number of carbonyl (C=O) groups excluding carboxylic acids is 7. The predicted octanol–water partition coefficient (Wildman–Crippen LogP) is 13.8. The van der Waals surface area contributed by atoms with Crippen LogP contribution in [0.4, 0.5) is 0 Å². The summed E-state index contributed by atoms with van der Waals surface area (Å²) in [7, 11) is 0. The van der Waals surface area contributed by atoms with Crippen LogP contribution in [-0.4, -0.2) is 249 Å². The van der Waals surface area contributed by atoms with Crippen LogP contribution >= 0.6 is 83.8 Å². The highest BCUT2D eigenvalue weighted by atomic mass is 128. The molecular formula is C95H138I4O28. The van der Waals surface area contributed by atoms with Gasteiger partial charge in [0.15, 0.2) is 18.3 Å². The minimum atomic E-state index is -1.39. The van der Waals surface area contributed by atoms with Crippen molar-refractivity contribution in [3.05, 3.63) is 147 Å². The number of rotatable bonds is 30. The first-order valence-electron chi connectivity index (χ1n) is 43.3. The number of esters is 7. The molecule has 0 aromatic heterocycles. The van der Waals surface area contributed by atoms with E-state index in [2.05, 4.69) is 165 Å². The van der Waals surface area contributed by atoms with Gasteiger partial charge in [-0.3, -0.25) is 33.6 Å². The first kappa shape index (κ1) is 114. The fraction of sp³-hybridized carbons (Fsp3) is 0.611. The van der Waals surface area contributed by atoms with E-state index in [1.807, 2.05) is 91.1 Å². The van der Waals surface area contributed by atoms with Gasteiger partial charge in [-0.15, -0.1) is 30.6 Å². The Bertz CT molecular complexity index is 3900. The molecule has 9 rings (SSSR count). The Hall–Kier alpha value is -5.25. The third-order valence-electron chi connectivity index (χ3n) is 23.7. The minimum absolute atomic E-state index is 0. The Morgan fingerprint density at radius 2 is 0.559 bits per heavy atom. The molecule has 28 nitrogen and oxygen atoms in total. The largest absolute Gasteiger partial charge is 0.463 e. The maximum Gasteiger partial charge on any atom is 0.303 e. The fourth-order valence-corrected chi connectivity index (χ4v) is 16.8. The van der Waals surface area contributed by atoms with Crippen LogP contribution in [0, 0.1) is 39.1 Å². The molecule has 32 heteroatoms. The lowest BCUT2D eigenvalue weighted by Gasteiger charge is -2.44. The van der Waals surface area contributed by atoms with Crippen molar-refractivity contribution in [3.63, 3.8) is 0 Å². The molecule has 0 aliphatic carbocycles. The second kappa shape index (κ2) is 58.7. The molecule has 0 saturated carbocycles. The molecule has 6 fully saturated rings. The normalized spacial score (nSPS) is 32.9. The second-order valence-corrected chi connectivity index (χ2v) is 34.1. The van der Waals surface area contributed by atoms with Crippen LogP contribution in [0.1, 0.15) is 198 Å². The van der Waals surface area contributed by atoms with Crippen molar-refractivity contribution in [1.29, 1.82) is 0 Å². The van der Waals surface area contributed by atoms with Gasteiger partial charge in [-0.05, 0) is 138 Å². The number of ether oxygens (including phenoxy) is 13. The van der Waals surface area contributed by atoms with Crippen LogP contribution in [0.5, 0.6) is 0 Å². The van der Waals surface area contributed by atoms with E-state index in [1.165, 1.54) is 57.6 Å². The van der Waals surface area contributed by atoms with E-state index in [4.69, 9.17) is 61.6 Å². The van der Waals surface area contributed by atoms with Gasteiger partial charge in [0.2, 0.25) is 0 Å². The molecule has 0 bridgehead atoms. The highest BCUT2D eigenvalue weighted by molar-refractivity contribution is 15.0. The van der Waals surface area contributed by atoms with Gasteiger partial charge < -0.3 is 102 Å². The lowest BCUT2D eigenvalue weighted by molar-refractivity contribution is -0.251. The van der Waals surface area contributed by atoms with Crippen molar-refractivity contribution >= 4 is 156 Å². The lowest BCUT2D eigenvalue weighted by atomic mass is 9.79. The minimum Gasteiger partial charge on any atom is -0.463 e. The molecule has 0 amide bonds. The van der Waals surface area contributed by atoms with Gasteiger partial charge in [-0.25, -0.2) is 0 Å². The maximum absolute atomic E-state index is 12.1. The third-order valence-corrected chi connectivity index (χ3v) is 24.4. The summed E-state index contributed by atoms with van der Waals surface area (Å²) in [6.07, 6.45) is 9.57. The highest BCUT2D eigenvalue weighted by Gasteiger charge is 2.53. The summed E-state index contributed by atoms with van der Waals surface area (Å²) in [4.78, 5) is 82.1. The van der Waals surface area contributed by atoms with Gasteiger partial charge in [0.1, 0.15) is 86.0 Å². The van der Waals surface area contributed by atoms with Crippen molar-refractivity contribution in [1.82, 2.24) is 0 Å². The Morgan fingerprint density at radius 1 is 0.331 bits per heavy atom. The zero-order valence-corrected chi connectivity index (χ0v) is 84.4. The number of hydrogen-bond donors (Lipinski definition) is 8. The second-order valence-electron chi connectivity index (χ2n) is 32.8. The molecule has 6 saturated heterocycles. The number of aliphatic hydroxyl groups is 8. The van der Waals surface area contributed by atoms with E-state index in [0.29, 0.717) is 30.1 Å². The summed E-state index contributed by atoms with van der Waals surface area (Å²) in [6, 6.07) is 23.7. The van der Waals surface area contributed by atoms with E-state index >= 15 is 0 Å². The molecule has 3 aromatic rings. The maximum atomic E-state index is 12.1. The van der Waals surface area contributed by atoms with Crippen LogP contribution in [0.15, 0.2) is 116 Å². The standard InChI is InChI=1S/C37H50O12.C24H34O10.C20H27IO3.C14H24O3.I2.HI.H2/c1-9-30-21(2)22(3)34(44-24(5)39)31(48-30)14-10-12-28-16-18-29(19-17-28)13-11-15-32-35(45-25(6)40)37(47-27(8)42)36(46-26(7)41)33(49-32)20-43-23(4)38;25-11-17-21(29)23(31)19(27)15(33-17)5-1-3-13-7-9-14(10-8-13)4-2-6-16-20(28)24(32)22(30)18(12-26)34-16;1-5-18-13(2)14(3)20(23-15(4)22)19(24-18)8-6-7-16-9-11-17(21)12-10-16;1-6-8-13-14(16-11(5)15)10(4)9(3)12(7-2)17-13;1-2;;/h10-13,16-19,21-22,30-37H,9,14-15,20H2,1-8H3;1-4,7-10,15-32H,5-6,11-12H2;6-7,9-14,18-20H,5,8H2,1-4H3;6,9-10,12-14H,1,7-8H2,2-5H3;;2*1H/b12-10+,13-11+;3-1+,4-2+;7-6+;;;;/t21-,22-,30+,31+,32+,33+,34-,35+,36+,37+;15-,16-,17-,18-,19-,20-,21-,22-,23-,24-;13-,14-,18+,19+,20-;9-,10-,12+,13+,14-;;;/m0100.../s1. The average Bonchev–Trinajstić information content (AvgIpc) is 0.774. The Balaban J connectivity index is 0.000000465. The number of hydrogen-bond acceptors (Lipinski definition) is 28. The van der Waals surface area contributed by atoms with E-state index in [-0.39, 0.29) is 136 Å². The van der Waals surface area contributed by atoms with Gasteiger partial charge in [0.25, 0.3) is 0 Å². The molecule has 6 aliphatic heterocycles. The number of carbonyl (C=O) groups is 7. The molecule has 0 spiro atoms. The lowest BCUT2D eigenvalue weighted by Crippen LogP contribution is -2.62.